The third kappa shape index (κ3) is 5.08. The van der Waals surface area contributed by atoms with E-state index in [0.29, 0.717) is 23.5 Å². The second-order valence-electron chi connectivity index (χ2n) is 10.0. The number of carbonyl (C=O) groups is 1. The van der Waals surface area contributed by atoms with Crippen LogP contribution in [0.3, 0.4) is 0 Å². The zero-order chi connectivity index (χ0) is 25.1. The number of benzene rings is 3. The van der Waals surface area contributed by atoms with Gasteiger partial charge in [-0.3, -0.25) is 0 Å². The first kappa shape index (κ1) is 23.9. The first-order chi connectivity index (χ1) is 17.5. The van der Waals surface area contributed by atoms with Gasteiger partial charge in [-0.25, -0.2) is 4.79 Å². The summed E-state index contributed by atoms with van der Waals surface area (Å²) in [6.45, 7) is 5.44. The van der Waals surface area contributed by atoms with E-state index in [-0.39, 0.29) is 5.56 Å². The fraction of sp³-hybridized carbons (Fsp3) is 0.333. The number of rotatable bonds is 8. The molecule has 3 aromatic carbocycles. The van der Waals surface area contributed by atoms with Crippen molar-refractivity contribution in [3.8, 4) is 11.1 Å². The van der Waals surface area contributed by atoms with Crippen molar-refractivity contribution in [1.29, 1.82) is 0 Å². The van der Waals surface area contributed by atoms with Gasteiger partial charge in [0.25, 0.3) is 6.01 Å². The second kappa shape index (κ2) is 10.4. The molecule has 0 amide bonds. The van der Waals surface area contributed by atoms with Crippen LogP contribution in [0.5, 0.6) is 0 Å². The van der Waals surface area contributed by atoms with Crippen molar-refractivity contribution in [1.82, 2.24) is 4.98 Å². The smallest absolute Gasteiger partial charge is 0.336 e. The highest BCUT2D eigenvalue weighted by Crippen LogP contribution is 2.38. The number of anilines is 3. The predicted molar refractivity (Wildman–Crippen MR) is 145 cm³/mol. The van der Waals surface area contributed by atoms with E-state index in [0.717, 1.165) is 34.6 Å². The van der Waals surface area contributed by atoms with Crippen molar-refractivity contribution in [2.24, 2.45) is 5.92 Å². The quantitative estimate of drug-likeness (QED) is 0.267. The monoisotopic (exact) mass is 483 g/mol. The van der Waals surface area contributed by atoms with Crippen molar-refractivity contribution >= 4 is 34.5 Å². The number of aromatic carboxylic acids is 1. The Bertz CT molecular complexity index is 1320. The van der Waals surface area contributed by atoms with Gasteiger partial charge >= 0.3 is 5.97 Å². The van der Waals surface area contributed by atoms with E-state index in [9.17, 15) is 9.90 Å². The largest absolute Gasteiger partial charge is 0.478 e. The molecule has 1 aliphatic rings. The molecule has 0 unspecified atom stereocenters. The summed E-state index contributed by atoms with van der Waals surface area (Å²) in [5, 5.41) is 13.2. The summed E-state index contributed by atoms with van der Waals surface area (Å²) in [7, 11) is 0. The molecule has 0 radical (unpaired) electrons. The maximum absolute atomic E-state index is 11.9. The maximum atomic E-state index is 11.9. The lowest BCUT2D eigenvalue weighted by molar-refractivity contribution is 0.0697. The summed E-state index contributed by atoms with van der Waals surface area (Å²) in [5.41, 5.74) is 5.28. The number of aromatic nitrogens is 1. The average molecular weight is 484 g/mol. The van der Waals surface area contributed by atoms with Gasteiger partial charge in [0, 0.05) is 12.6 Å². The number of nitrogens with zero attached hydrogens (tertiary/aromatic N) is 2. The van der Waals surface area contributed by atoms with Gasteiger partial charge in [-0.1, -0.05) is 69.5 Å². The van der Waals surface area contributed by atoms with E-state index in [1.54, 1.807) is 12.1 Å². The molecule has 6 heteroatoms. The standard InChI is InChI=1S/C30H33N3O3/c1-20(2)19-33(22-10-4-3-5-11-22)27-17-16-21(23-12-6-7-13-24(23)29(34)35)18-26(27)32-30-31-25-14-8-9-15-28(25)36-30/h6-9,12-18,20,22H,3-5,10-11,19H2,1-2H3,(H,31,32)(H,34,35). The third-order valence-electron chi connectivity index (χ3n) is 6.89. The van der Waals surface area contributed by atoms with Crippen molar-refractivity contribution < 1.29 is 14.3 Å². The van der Waals surface area contributed by atoms with Crippen molar-refractivity contribution in [3.63, 3.8) is 0 Å². The molecule has 1 aliphatic carbocycles. The zero-order valence-electron chi connectivity index (χ0n) is 20.9. The molecule has 2 N–H and O–H groups in total. The highest BCUT2D eigenvalue weighted by molar-refractivity contribution is 5.97. The Morgan fingerprint density at radius 2 is 1.81 bits per heavy atom. The Kier molecular flexibility index (Phi) is 6.94. The van der Waals surface area contributed by atoms with E-state index < -0.39 is 5.97 Å². The minimum atomic E-state index is -0.938. The van der Waals surface area contributed by atoms with E-state index in [4.69, 9.17) is 4.42 Å². The fourth-order valence-electron chi connectivity index (χ4n) is 5.25. The maximum Gasteiger partial charge on any atom is 0.336 e. The summed E-state index contributed by atoms with van der Waals surface area (Å²) >= 11 is 0. The van der Waals surface area contributed by atoms with Gasteiger partial charge in [0.1, 0.15) is 5.52 Å². The Morgan fingerprint density at radius 1 is 1.06 bits per heavy atom. The molecule has 4 aromatic rings. The molecule has 1 fully saturated rings. The molecule has 36 heavy (non-hydrogen) atoms. The van der Waals surface area contributed by atoms with Gasteiger partial charge in [-0.05, 0) is 60.2 Å². The summed E-state index contributed by atoms with van der Waals surface area (Å²) in [6.07, 6.45) is 6.15. The SMILES string of the molecule is CC(C)CN(c1ccc(-c2ccccc2C(=O)O)cc1Nc1nc2ccccc2o1)C1CCCCC1. The molecule has 5 rings (SSSR count). The van der Waals surface area contributed by atoms with Crippen molar-refractivity contribution in [2.45, 2.75) is 52.0 Å². The summed E-state index contributed by atoms with van der Waals surface area (Å²) in [6, 6.07) is 21.9. The normalized spacial score (nSPS) is 14.3. The molecule has 1 aromatic heterocycles. The topological polar surface area (TPSA) is 78.6 Å². The number of nitrogens with one attached hydrogen (secondary N) is 1. The van der Waals surface area contributed by atoms with E-state index in [1.165, 1.54) is 32.1 Å². The van der Waals surface area contributed by atoms with Crippen LogP contribution in [-0.2, 0) is 0 Å². The van der Waals surface area contributed by atoms with Crippen LogP contribution in [0.4, 0.5) is 17.4 Å². The minimum absolute atomic E-state index is 0.282. The zero-order valence-corrected chi connectivity index (χ0v) is 20.9. The molecule has 186 valence electrons. The van der Waals surface area contributed by atoms with Gasteiger partial charge < -0.3 is 19.7 Å². The molecular formula is C30H33N3O3. The van der Waals surface area contributed by atoms with Crippen LogP contribution in [0.15, 0.2) is 71.1 Å². The van der Waals surface area contributed by atoms with Crippen LogP contribution < -0.4 is 10.2 Å². The highest BCUT2D eigenvalue weighted by Gasteiger charge is 2.25. The minimum Gasteiger partial charge on any atom is -0.478 e. The molecular weight excluding hydrogens is 450 g/mol. The lowest BCUT2D eigenvalue weighted by atomic mass is 9.92. The molecule has 0 atom stereocenters. The van der Waals surface area contributed by atoms with Crippen LogP contribution in [-0.4, -0.2) is 28.6 Å². The average Bonchev–Trinajstić information content (AvgIpc) is 3.30. The molecule has 0 bridgehead atoms. The van der Waals surface area contributed by atoms with Gasteiger partial charge in [-0.15, -0.1) is 0 Å². The first-order valence-electron chi connectivity index (χ1n) is 12.9. The summed E-state index contributed by atoms with van der Waals surface area (Å²) in [4.78, 5) is 19.1. The van der Waals surface area contributed by atoms with Crippen LogP contribution in [0, 0.1) is 5.92 Å². The number of hydrogen-bond donors (Lipinski definition) is 2. The Balaban J connectivity index is 1.61. The van der Waals surface area contributed by atoms with Gasteiger partial charge in [0.05, 0.1) is 16.9 Å². The molecule has 1 saturated carbocycles. The lowest BCUT2D eigenvalue weighted by Crippen LogP contribution is -2.39. The number of para-hydroxylation sites is 2. The van der Waals surface area contributed by atoms with E-state index >= 15 is 0 Å². The van der Waals surface area contributed by atoms with Crippen LogP contribution >= 0.6 is 0 Å². The number of carboxylic acids is 1. The number of oxazole rings is 1. The van der Waals surface area contributed by atoms with Crippen LogP contribution in [0.25, 0.3) is 22.2 Å². The Labute approximate surface area is 212 Å². The van der Waals surface area contributed by atoms with Gasteiger partial charge in [0.2, 0.25) is 0 Å². The van der Waals surface area contributed by atoms with Gasteiger partial charge in [0.15, 0.2) is 5.58 Å². The first-order valence-corrected chi connectivity index (χ1v) is 12.9. The van der Waals surface area contributed by atoms with Crippen LogP contribution in [0.2, 0.25) is 0 Å². The Hall–Kier alpha value is -3.80. The van der Waals surface area contributed by atoms with E-state index in [1.807, 2.05) is 48.5 Å². The molecule has 1 heterocycles. The third-order valence-corrected chi connectivity index (χ3v) is 6.89. The highest BCUT2D eigenvalue weighted by atomic mass is 16.4. The number of hydrogen-bond acceptors (Lipinski definition) is 5. The second-order valence-corrected chi connectivity index (χ2v) is 10.0. The molecule has 6 nitrogen and oxygen atoms in total. The lowest BCUT2D eigenvalue weighted by Gasteiger charge is -2.38. The number of fused-ring (bicyclic) bond motifs is 1. The fourth-order valence-corrected chi connectivity index (χ4v) is 5.25. The van der Waals surface area contributed by atoms with Gasteiger partial charge in [-0.2, -0.15) is 4.98 Å². The summed E-state index contributed by atoms with van der Waals surface area (Å²) in [5.74, 6) is -0.441. The van der Waals surface area contributed by atoms with E-state index in [2.05, 4.69) is 35.1 Å². The molecule has 0 spiro atoms. The number of carboxylic acid groups (broad SMARTS) is 1. The van der Waals surface area contributed by atoms with Crippen molar-refractivity contribution in [3.05, 3.63) is 72.3 Å². The molecule has 0 aliphatic heterocycles. The Morgan fingerprint density at radius 3 is 2.56 bits per heavy atom. The molecule has 0 saturated heterocycles. The predicted octanol–water partition coefficient (Wildman–Crippen LogP) is 7.73. The van der Waals surface area contributed by atoms with Crippen molar-refractivity contribution in [2.75, 3.05) is 16.8 Å². The summed E-state index contributed by atoms with van der Waals surface area (Å²) < 4.78 is 6.01. The van der Waals surface area contributed by atoms with Crippen LogP contribution in [0.1, 0.15) is 56.3 Å².